The van der Waals surface area contributed by atoms with Crippen LogP contribution in [0.3, 0.4) is 0 Å². The molecule has 0 unspecified atom stereocenters. The van der Waals surface area contributed by atoms with E-state index in [0.717, 1.165) is 0 Å². The number of amides is 1. The smallest absolute Gasteiger partial charge is 0.265 e. The third kappa shape index (κ3) is 3.69. The van der Waals surface area contributed by atoms with E-state index in [-0.39, 0.29) is 11.3 Å². The highest BCUT2D eigenvalue weighted by Gasteiger charge is 2.25. The number of carbonyl (C=O) groups excluding carboxylic acids is 1. The second-order valence-electron chi connectivity index (χ2n) is 4.79. The van der Waals surface area contributed by atoms with E-state index in [2.05, 4.69) is 13.8 Å². The molecule has 5 heteroatoms. The summed E-state index contributed by atoms with van der Waals surface area (Å²) in [6.07, 6.45) is 0. The molecule has 0 radical (unpaired) electrons. The van der Waals surface area contributed by atoms with Gasteiger partial charge in [-0.3, -0.25) is 4.79 Å². The standard InChI is InChI=1S/C12H19ClN2OS/c1-4-15(8-12(2,3)7-14)11(16)10-9(13)5-6-17-10/h5-6H,4,7-8,14H2,1-3H3. The SMILES string of the molecule is CCN(CC(C)(C)CN)C(=O)c1sccc1Cl. The Morgan fingerprint density at radius 2 is 2.24 bits per heavy atom. The molecular weight excluding hydrogens is 256 g/mol. The van der Waals surface area contributed by atoms with Crippen LogP contribution in [0.5, 0.6) is 0 Å². The van der Waals surface area contributed by atoms with E-state index in [4.69, 9.17) is 17.3 Å². The fourth-order valence-corrected chi connectivity index (χ4v) is 2.60. The summed E-state index contributed by atoms with van der Waals surface area (Å²) in [5.41, 5.74) is 5.62. The van der Waals surface area contributed by atoms with Gasteiger partial charge in [0.15, 0.2) is 0 Å². The molecule has 0 aliphatic carbocycles. The van der Waals surface area contributed by atoms with E-state index < -0.39 is 0 Å². The van der Waals surface area contributed by atoms with E-state index in [1.165, 1.54) is 11.3 Å². The van der Waals surface area contributed by atoms with Gasteiger partial charge < -0.3 is 10.6 Å². The van der Waals surface area contributed by atoms with Crippen LogP contribution in [-0.4, -0.2) is 30.4 Å². The molecule has 96 valence electrons. The third-order valence-electron chi connectivity index (χ3n) is 2.65. The van der Waals surface area contributed by atoms with Gasteiger partial charge in [-0.05, 0) is 30.3 Å². The second-order valence-corrected chi connectivity index (χ2v) is 6.11. The number of thiophene rings is 1. The Kier molecular flexibility index (Phi) is 4.98. The number of hydrogen-bond donors (Lipinski definition) is 1. The lowest BCUT2D eigenvalue weighted by Gasteiger charge is -2.30. The number of rotatable bonds is 5. The predicted molar refractivity (Wildman–Crippen MR) is 73.7 cm³/mol. The molecule has 1 amide bonds. The minimum Gasteiger partial charge on any atom is -0.338 e. The zero-order valence-electron chi connectivity index (χ0n) is 10.5. The molecule has 0 aromatic carbocycles. The Bertz CT molecular complexity index is 390. The van der Waals surface area contributed by atoms with Gasteiger partial charge in [-0.15, -0.1) is 11.3 Å². The lowest BCUT2D eigenvalue weighted by atomic mass is 9.93. The molecule has 0 saturated heterocycles. The summed E-state index contributed by atoms with van der Waals surface area (Å²) >= 11 is 7.36. The van der Waals surface area contributed by atoms with Crippen molar-refractivity contribution in [2.24, 2.45) is 11.1 Å². The van der Waals surface area contributed by atoms with Crippen molar-refractivity contribution in [3.8, 4) is 0 Å². The van der Waals surface area contributed by atoms with Gasteiger partial charge in [0.05, 0.1) is 5.02 Å². The highest BCUT2D eigenvalue weighted by molar-refractivity contribution is 7.12. The third-order valence-corrected chi connectivity index (χ3v) is 3.98. The normalized spacial score (nSPS) is 11.6. The fourth-order valence-electron chi connectivity index (χ4n) is 1.50. The molecule has 2 N–H and O–H groups in total. The first-order valence-corrected chi connectivity index (χ1v) is 6.89. The summed E-state index contributed by atoms with van der Waals surface area (Å²) in [5, 5.41) is 2.36. The van der Waals surface area contributed by atoms with Gasteiger partial charge in [-0.25, -0.2) is 0 Å². The number of nitrogens with two attached hydrogens (primary N) is 1. The van der Waals surface area contributed by atoms with Gasteiger partial charge in [0.25, 0.3) is 5.91 Å². The van der Waals surface area contributed by atoms with Crippen LogP contribution in [0.15, 0.2) is 11.4 Å². The second kappa shape index (κ2) is 5.85. The van der Waals surface area contributed by atoms with Crippen LogP contribution in [0.2, 0.25) is 5.02 Å². The van der Waals surface area contributed by atoms with E-state index in [1.807, 2.05) is 12.3 Å². The van der Waals surface area contributed by atoms with Crippen molar-refractivity contribution in [1.29, 1.82) is 0 Å². The van der Waals surface area contributed by atoms with Gasteiger partial charge in [-0.2, -0.15) is 0 Å². The van der Waals surface area contributed by atoms with Gasteiger partial charge in [-0.1, -0.05) is 25.4 Å². The van der Waals surface area contributed by atoms with Crippen LogP contribution < -0.4 is 5.73 Å². The van der Waals surface area contributed by atoms with Crippen LogP contribution in [0.25, 0.3) is 0 Å². The van der Waals surface area contributed by atoms with Crippen molar-refractivity contribution in [3.05, 3.63) is 21.3 Å². The summed E-state index contributed by atoms with van der Waals surface area (Å²) < 4.78 is 0. The Balaban J connectivity index is 2.82. The summed E-state index contributed by atoms with van der Waals surface area (Å²) in [7, 11) is 0. The minimum atomic E-state index is -0.0740. The molecular formula is C12H19ClN2OS. The lowest BCUT2D eigenvalue weighted by molar-refractivity contribution is 0.0706. The molecule has 1 aromatic heterocycles. The quantitative estimate of drug-likeness (QED) is 0.897. The number of hydrogen-bond acceptors (Lipinski definition) is 3. The molecule has 0 aliphatic heterocycles. The summed E-state index contributed by atoms with van der Waals surface area (Å²) in [4.78, 5) is 14.7. The zero-order valence-corrected chi connectivity index (χ0v) is 12.1. The maximum Gasteiger partial charge on any atom is 0.265 e. The van der Waals surface area contributed by atoms with Crippen LogP contribution >= 0.6 is 22.9 Å². The number of nitrogens with zero attached hydrogens (tertiary/aromatic N) is 1. The molecule has 17 heavy (non-hydrogen) atoms. The van der Waals surface area contributed by atoms with Crippen molar-refractivity contribution < 1.29 is 4.79 Å². The van der Waals surface area contributed by atoms with Crippen LogP contribution in [0, 0.1) is 5.41 Å². The Labute approximate surface area is 112 Å². The van der Waals surface area contributed by atoms with E-state index in [1.54, 1.807) is 11.0 Å². The maximum atomic E-state index is 12.3. The first-order chi connectivity index (χ1) is 7.91. The summed E-state index contributed by atoms with van der Waals surface area (Å²) in [6, 6.07) is 1.75. The van der Waals surface area contributed by atoms with Gasteiger partial charge in [0.2, 0.25) is 0 Å². The highest BCUT2D eigenvalue weighted by atomic mass is 35.5. The molecule has 0 spiro atoms. The van der Waals surface area contributed by atoms with Crippen molar-refractivity contribution in [2.45, 2.75) is 20.8 Å². The Morgan fingerprint density at radius 1 is 1.59 bits per heavy atom. The zero-order chi connectivity index (χ0) is 13.1. The molecule has 0 fully saturated rings. The predicted octanol–water partition coefficient (Wildman–Crippen LogP) is 2.85. The minimum absolute atomic E-state index is 0.00553. The van der Waals surface area contributed by atoms with Gasteiger partial charge >= 0.3 is 0 Å². The summed E-state index contributed by atoms with van der Waals surface area (Å²) in [5.74, 6) is -0.00553. The molecule has 1 rings (SSSR count). The van der Waals surface area contributed by atoms with Crippen LogP contribution in [0.4, 0.5) is 0 Å². The first-order valence-electron chi connectivity index (χ1n) is 5.63. The molecule has 1 heterocycles. The van der Waals surface area contributed by atoms with Crippen molar-refractivity contribution in [1.82, 2.24) is 4.90 Å². The fraction of sp³-hybridized carbons (Fsp3) is 0.583. The average Bonchev–Trinajstić information content (AvgIpc) is 2.71. The van der Waals surface area contributed by atoms with Crippen LogP contribution in [0.1, 0.15) is 30.4 Å². The van der Waals surface area contributed by atoms with Crippen molar-refractivity contribution in [3.63, 3.8) is 0 Å². The monoisotopic (exact) mass is 274 g/mol. The number of carbonyl (C=O) groups is 1. The summed E-state index contributed by atoms with van der Waals surface area (Å²) in [6.45, 7) is 7.93. The number of halogens is 1. The average molecular weight is 275 g/mol. The van der Waals surface area contributed by atoms with Crippen molar-refractivity contribution in [2.75, 3.05) is 19.6 Å². The molecule has 1 aromatic rings. The van der Waals surface area contributed by atoms with Gasteiger partial charge in [0.1, 0.15) is 4.88 Å². The lowest BCUT2D eigenvalue weighted by Crippen LogP contribution is -2.41. The molecule has 0 saturated carbocycles. The molecule has 3 nitrogen and oxygen atoms in total. The Morgan fingerprint density at radius 3 is 2.65 bits per heavy atom. The largest absolute Gasteiger partial charge is 0.338 e. The molecule has 0 aliphatic rings. The van der Waals surface area contributed by atoms with Gasteiger partial charge in [0, 0.05) is 13.1 Å². The highest BCUT2D eigenvalue weighted by Crippen LogP contribution is 2.25. The Hall–Kier alpha value is -0.580. The first kappa shape index (κ1) is 14.5. The molecule has 0 atom stereocenters. The van der Waals surface area contributed by atoms with E-state index in [9.17, 15) is 4.79 Å². The maximum absolute atomic E-state index is 12.3. The van der Waals surface area contributed by atoms with Crippen molar-refractivity contribution >= 4 is 28.8 Å². The topological polar surface area (TPSA) is 46.3 Å². The van der Waals surface area contributed by atoms with Crippen LogP contribution in [-0.2, 0) is 0 Å². The molecule has 0 bridgehead atoms. The van der Waals surface area contributed by atoms with E-state index in [0.29, 0.717) is 29.5 Å². The van der Waals surface area contributed by atoms with E-state index >= 15 is 0 Å².